The number of para-hydroxylation sites is 2. The lowest BCUT2D eigenvalue weighted by molar-refractivity contribution is -0.145. The average Bonchev–Trinajstić information content (AvgIpc) is 4.48. The van der Waals surface area contributed by atoms with Gasteiger partial charge in [-0.3, -0.25) is 0 Å². The van der Waals surface area contributed by atoms with E-state index in [1.165, 1.54) is 0 Å². The van der Waals surface area contributed by atoms with Crippen LogP contribution in [0.4, 0.5) is 0 Å². The van der Waals surface area contributed by atoms with Gasteiger partial charge >= 0.3 is 11.9 Å². The number of carboxylic acids is 1. The maximum Gasteiger partial charge on any atom is 0.344 e. The first-order valence-corrected chi connectivity index (χ1v) is 27.3. The molecule has 0 bridgehead atoms. The van der Waals surface area contributed by atoms with E-state index in [1.54, 1.807) is 27.2 Å². The van der Waals surface area contributed by atoms with Crippen LogP contribution in [0.2, 0.25) is 0 Å². The molecular weight excluding hydrogens is 1060 g/mol. The number of fused-ring (bicyclic) bond motifs is 6. The standard InChI is InChI=1S/C35H32N2O6.C33H28N2O6/c1-4-40-33(38)22-42-31-16-10-15-29-34(31)26-13-8-9-14-28(26)37(29)20-24-17-18-30(32(19-24)39-3)41-21-27-23(2)43-35(36-27)25-11-6-5-7-12-25;1-21-25(34-33(41-21)23-9-4-3-5-10-23)19-39-28-16-15-22(17-30(28)38-2)18-35-26-12-7-6-11-24(26)32-27(35)13-8-14-29(32)40-20-31(36)37/h5-19H,4,20-22H2,1-3H3;3-17H,18-20H2,1-2H3,(H,36,37). The van der Waals surface area contributed by atoms with Crippen LogP contribution in [-0.4, -0.2) is 70.2 Å². The van der Waals surface area contributed by atoms with Crippen molar-refractivity contribution < 1.29 is 56.7 Å². The molecule has 16 nitrogen and oxygen atoms in total. The number of methoxy groups -OCH3 is 2. The number of aliphatic carboxylic acids is 1. The van der Waals surface area contributed by atoms with Crippen molar-refractivity contribution >= 4 is 55.6 Å². The van der Waals surface area contributed by atoms with Gasteiger partial charge in [-0.2, -0.15) is 0 Å². The molecule has 0 atom stereocenters. The first-order chi connectivity index (χ1) is 41.1. The first kappa shape index (κ1) is 55.4. The van der Waals surface area contributed by atoms with E-state index in [1.807, 2.05) is 166 Å². The number of carbonyl (C=O) groups is 2. The zero-order chi connectivity index (χ0) is 58.1. The minimum atomic E-state index is -1.02. The minimum Gasteiger partial charge on any atom is -0.493 e. The number of hydrogen-bond donors (Lipinski definition) is 1. The van der Waals surface area contributed by atoms with Crippen molar-refractivity contribution in [1.29, 1.82) is 0 Å². The van der Waals surface area contributed by atoms with Crippen LogP contribution in [0.1, 0.15) is 41.0 Å². The van der Waals surface area contributed by atoms with Gasteiger partial charge in [0.1, 0.15) is 47.6 Å². The highest BCUT2D eigenvalue weighted by molar-refractivity contribution is 6.12. The van der Waals surface area contributed by atoms with Crippen molar-refractivity contribution in [2.45, 2.75) is 47.1 Å². The van der Waals surface area contributed by atoms with Crippen molar-refractivity contribution in [2.24, 2.45) is 0 Å². The molecular formula is C68H60N4O12. The smallest absolute Gasteiger partial charge is 0.344 e. The summed E-state index contributed by atoms with van der Waals surface area (Å²) in [6.45, 7) is 6.94. The Bertz CT molecular complexity index is 4290. The number of hydrogen-bond acceptors (Lipinski definition) is 13. The Morgan fingerprint density at radius 1 is 0.476 bits per heavy atom. The molecule has 424 valence electrons. The summed E-state index contributed by atoms with van der Waals surface area (Å²) >= 11 is 0. The van der Waals surface area contributed by atoms with Crippen LogP contribution < -0.4 is 28.4 Å². The Kier molecular flexibility index (Phi) is 16.6. The molecule has 1 N–H and O–H groups in total. The summed E-state index contributed by atoms with van der Waals surface area (Å²) in [6.07, 6.45) is 0. The second-order valence-electron chi connectivity index (χ2n) is 19.6. The number of esters is 1. The summed E-state index contributed by atoms with van der Waals surface area (Å²) in [7, 11) is 3.25. The molecule has 4 heterocycles. The highest BCUT2D eigenvalue weighted by Gasteiger charge is 2.21. The van der Waals surface area contributed by atoms with Crippen LogP contribution in [0.25, 0.3) is 66.5 Å². The van der Waals surface area contributed by atoms with Crippen molar-refractivity contribution in [1.82, 2.24) is 19.1 Å². The fraction of sp³-hybridized carbons (Fsp3) is 0.176. The van der Waals surface area contributed by atoms with E-state index in [0.29, 0.717) is 77.5 Å². The second-order valence-corrected chi connectivity index (χ2v) is 19.6. The first-order valence-electron chi connectivity index (χ1n) is 27.3. The van der Waals surface area contributed by atoms with Crippen LogP contribution in [0, 0.1) is 13.8 Å². The third-order valence-corrected chi connectivity index (χ3v) is 14.2. The number of aromatic nitrogens is 4. The van der Waals surface area contributed by atoms with Gasteiger partial charge in [-0.1, -0.05) is 97.1 Å². The van der Waals surface area contributed by atoms with E-state index in [4.69, 9.17) is 47.1 Å². The maximum atomic E-state index is 12.0. The van der Waals surface area contributed by atoms with Crippen LogP contribution in [0.15, 0.2) is 191 Å². The summed E-state index contributed by atoms with van der Waals surface area (Å²) < 4.78 is 56.5. The number of aryl methyl sites for hydroxylation is 2. The molecule has 0 saturated carbocycles. The molecule has 0 unspecified atom stereocenters. The molecule has 84 heavy (non-hydrogen) atoms. The number of carboxylic acid groups (broad SMARTS) is 1. The van der Waals surface area contributed by atoms with Crippen molar-refractivity contribution in [3.8, 4) is 57.4 Å². The van der Waals surface area contributed by atoms with E-state index in [-0.39, 0.29) is 19.8 Å². The Hall–Kier alpha value is -10.5. The fourth-order valence-corrected chi connectivity index (χ4v) is 10.2. The molecule has 0 aliphatic heterocycles. The molecule has 0 radical (unpaired) electrons. The molecule has 12 aromatic rings. The number of rotatable bonds is 21. The third-order valence-electron chi connectivity index (χ3n) is 14.2. The predicted octanol–water partition coefficient (Wildman–Crippen LogP) is 14.2. The Balaban J connectivity index is 0.000000176. The van der Waals surface area contributed by atoms with Gasteiger partial charge < -0.3 is 56.2 Å². The number of oxazole rings is 2. The summed E-state index contributed by atoms with van der Waals surface area (Å²) in [5, 5.41) is 13.0. The Morgan fingerprint density at radius 2 is 0.905 bits per heavy atom. The Morgan fingerprint density at radius 3 is 1.35 bits per heavy atom. The van der Waals surface area contributed by atoms with Crippen LogP contribution in [0.5, 0.6) is 34.5 Å². The molecule has 0 amide bonds. The van der Waals surface area contributed by atoms with E-state index >= 15 is 0 Å². The lowest BCUT2D eigenvalue weighted by Gasteiger charge is -2.13. The molecule has 4 aromatic heterocycles. The zero-order valence-electron chi connectivity index (χ0n) is 47.0. The monoisotopic (exact) mass is 1120 g/mol. The number of ether oxygens (including phenoxy) is 7. The summed E-state index contributed by atoms with van der Waals surface area (Å²) in [4.78, 5) is 32.4. The number of nitrogens with zero attached hydrogens (tertiary/aromatic N) is 4. The lowest BCUT2D eigenvalue weighted by atomic mass is 10.1. The van der Waals surface area contributed by atoms with Crippen LogP contribution in [-0.2, 0) is 40.6 Å². The highest BCUT2D eigenvalue weighted by atomic mass is 16.6. The Labute approximate surface area is 483 Å². The van der Waals surface area contributed by atoms with Crippen LogP contribution >= 0.6 is 0 Å². The van der Waals surface area contributed by atoms with Crippen molar-refractivity contribution in [2.75, 3.05) is 34.0 Å². The van der Waals surface area contributed by atoms with E-state index < -0.39 is 18.5 Å². The number of benzene rings is 8. The largest absolute Gasteiger partial charge is 0.493 e. The topological polar surface area (TPSA) is 181 Å². The minimum absolute atomic E-state index is 0.146. The van der Waals surface area contributed by atoms with Gasteiger partial charge in [0.25, 0.3) is 0 Å². The van der Waals surface area contributed by atoms with E-state index in [0.717, 1.165) is 77.3 Å². The summed E-state index contributed by atoms with van der Waals surface area (Å²) in [5.41, 5.74) is 9.35. The molecule has 0 saturated heterocycles. The fourth-order valence-electron chi connectivity index (χ4n) is 10.2. The maximum absolute atomic E-state index is 12.0. The molecule has 0 fully saturated rings. The van der Waals surface area contributed by atoms with E-state index in [2.05, 4.69) is 43.4 Å². The summed E-state index contributed by atoms with van der Waals surface area (Å²) in [5.74, 6) is 4.77. The third kappa shape index (κ3) is 12.0. The van der Waals surface area contributed by atoms with Gasteiger partial charge in [-0.25, -0.2) is 19.6 Å². The molecule has 0 aliphatic rings. The molecule has 8 aromatic carbocycles. The molecule has 0 spiro atoms. The van der Waals surface area contributed by atoms with Gasteiger partial charge in [-0.15, -0.1) is 0 Å². The predicted molar refractivity (Wildman–Crippen MR) is 320 cm³/mol. The lowest BCUT2D eigenvalue weighted by Crippen LogP contribution is -2.14. The average molecular weight is 1130 g/mol. The van der Waals surface area contributed by atoms with Gasteiger partial charge in [0.15, 0.2) is 36.2 Å². The summed E-state index contributed by atoms with van der Waals surface area (Å²) in [6, 6.07) is 59.1. The van der Waals surface area contributed by atoms with E-state index in [9.17, 15) is 9.59 Å². The van der Waals surface area contributed by atoms with Gasteiger partial charge in [0, 0.05) is 56.8 Å². The van der Waals surface area contributed by atoms with Crippen LogP contribution in [0.3, 0.4) is 0 Å². The second kappa shape index (κ2) is 25.1. The van der Waals surface area contributed by atoms with Gasteiger partial charge in [-0.05, 0) is 117 Å². The SMILES string of the molecule is CCOC(=O)COc1cccc2c1c1ccccc1n2Cc1ccc(OCc2nc(-c3ccccc3)oc2C)c(OC)c1.COc1cc(Cn2c3ccccc3c3c(OCC(=O)O)cccc32)ccc1OCc1nc(-c2ccccc2)oc1C. The normalized spacial score (nSPS) is 11.2. The zero-order valence-corrected chi connectivity index (χ0v) is 47.0. The van der Waals surface area contributed by atoms with Gasteiger partial charge in [0.05, 0.1) is 31.9 Å². The molecule has 12 rings (SSSR count). The highest BCUT2D eigenvalue weighted by Crippen LogP contribution is 2.40. The quantitative estimate of drug-likeness (QED) is 0.0671. The van der Waals surface area contributed by atoms with Gasteiger partial charge in [0.2, 0.25) is 11.8 Å². The molecule has 0 aliphatic carbocycles. The number of carbonyl (C=O) groups excluding carboxylic acids is 1. The van der Waals surface area contributed by atoms with Crippen molar-refractivity contribution in [3.05, 3.63) is 216 Å². The molecule has 16 heteroatoms. The van der Waals surface area contributed by atoms with Crippen molar-refractivity contribution in [3.63, 3.8) is 0 Å².